The summed E-state index contributed by atoms with van der Waals surface area (Å²) in [7, 11) is 0. The molecule has 0 spiro atoms. The fourth-order valence-electron chi connectivity index (χ4n) is 2.01. The average molecular weight is 469 g/mol. The molecule has 0 aliphatic rings. The third-order valence-corrected chi connectivity index (χ3v) is 3.33. The molecule has 0 saturated heterocycles. The van der Waals surface area contributed by atoms with E-state index in [0.29, 0.717) is 79.3 Å². The van der Waals surface area contributed by atoms with E-state index in [-0.39, 0.29) is 19.6 Å². The summed E-state index contributed by atoms with van der Waals surface area (Å²) in [5, 5.41) is 8.44. The van der Waals surface area contributed by atoms with Gasteiger partial charge in [0.2, 0.25) is 0 Å². The van der Waals surface area contributed by atoms with Crippen molar-refractivity contribution in [1.82, 2.24) is 0 Å². The molecule has 0 bridgehead atoms. The maximum Gasteiger partial charge on any atom is 0.332 e. The predicted molar refractivity (Wildman–Crippen MR) is 114 cm³/mol. The Labute approximate surface area is 190 Å². The number of carbonyl (C=O) groups is 2. The second-order valence-electron chi connectivity index (χ2n) is 7.46. The molecule has 0 aromatic rings. The van der Waals surface area contributed by atoms with Crippen molar-refractivity contribution in [2.75, 3.05) is 92.5 Å². The summed E-state index contributed by atoms with van der Waals surface area (Å²) in [4.78, 5) is 21.7. The van der Waals surface area contributed by atoms with Gasteiger partial charge in [-0.05, 0) is 20.8 Å². The fourth-order valence-corrected chi connectivity index (χ4v) is 2.01. The van der Waals surface area contributed by atoms with Gasteiger partial charge in [-0.3, -0.25) is 4.79 Å². The number of hydrogen-bond acceptors (Lipinski definition) is 10. The minimum Gasteiger partial charge on any atom is -0.481 e. The lowest BCUT2D eigenvalue weighted by Crippen LogP contribution is -2.27. The predicted octanol–water partition coefficient (Wildman–Crippen LogP) is 0.919. The van der Waals surface area contributed by atoms with E-state index in [9.17, 15) is 9.59 Å². The summed E-state index contributed by atoms with van der Waals surface area (Å²) in [6.45, 7) is 10.6. The molecule has 0 aliphatic heterocycles. The average Bonchev–Trinajstić information content (AvgIpc) is 2.70. The van der Waals surface area contributed by atoms with E-state index in [1.54, 1.807) is 20.8 Å². The molecule has 0 saturated carbocycles. The standard InChI is InChI=1S/C21H40O11/c1-21(2,3)32-20(24)18-31-17-16-30-15-14-29-13-12-28-11-10-27-9-8-26-7-6-25-5-4-19(22)23/h4-18H2,1-3H3,(H,22,23). The van der Waals surface area contributed by atoms with E-state index >= 15 is 0 Å². The van der Waals surface area contributed by atoms with Crippen molar-refractivity contribution in [3.8, 4) is 0 Å². The molecule has 0 aliphatic carbocycles. The van der Waals surface area contributed by atoms with Crippen molar-refractivity contribution < 1.29 is 52.6 Å². The SMILES string of the molecule is CC(C)(C)OC(=O)COCCOCCOCCOCCOCCOCCOCCC(=O)O. The number of carboxylic acid groups (broad SMARTS) is 1. The highest BCUT2D eigenvalue weighted by atomic mass is 16.6. The van der Waals surface area contributed by atoms with Crippen LogP contribution in [0.1, 0.15) is 27.2 Å². The van der Waals surface area contributed by atoms with E-state index in [2.05, 4.69) is 0 Å². The first-order chi connectivity index (χ1) is 15.3. The van der Waals surface area contributed by atoms with Crippen LogP contribution in [0.2, 0.25) is 0 Å². The molecule has 190 valence electrons. The van der Waals surface area contributed by atoms with Crippen LogP contribution in [0.25, 0.3) is 0 Å². The molecular weight excluding hydrogens is 428 g/mol. The van der Waals surface area contributed by atoms with Gasteiger partial charge >= 0.3 is 11.9 Å². The number of carboxylic acids is 1. The Bertz CT molecular complexity index is 452. The van der Waals surface area contributed by atoms with Crippen molar-refractivity contribution >= 4 is 11.9 Å². The van der Waals surface area contributed by atoms with Gasteiger partial charge in [-0.2, -0.15) is 0 Å². The number of carbonyl (C=O) groups excluding carboxylic acids is 1. The van der Waals surface area contributed by atoms with Gasteiger partial charge in [0.25, 0.3) is 0 Å². The van der Waals surface area contributed by atoms with Gasteiger partial charge in [-0.25, -0.2) is 4.79 Å². The molecule has 0 amide bonds. The van der Waals surface area contributed by atoms with Crippen LogP contribution < -0.4 is 0 Å². The van der Waals surface area contributed by atoms with Gasteiger partial charge in [-0.15, -0.1) is 0 Å². The minimum absolute atomic E-state index is 0.00389. The Kier molecular flexibility index (Phi) is 20.6. The van der Waals surface area contributed by atoms with E-state index in [1.807, 2.05) is 0 Å². The van der Waals surface area contributed by atoms with Gasteiger partial charge < -0.3 is 43.0 Å². The van der Waals surface area contributed by atoms with E-state index < -0.39 is 17.5 Å². The van der Waals surface area contributed by atoms with Gasteiger partial charge in [0.1, 0.15) is 12.2 Å². The van der Waals surface area contributed by atoms with Crippen LogP contribution in [0, 0.1) is 0 Å². The van der Waals surface area contributed by atoms with Gasteiger partial charge in [0.05, 0.1) is 92.3 Å². The highest BCUT2D eigenvalue weighted by Gasteiger charge is 2.15. The first kappa shape index (κ1) is 30.7. The molecule has 0 aromatic carbocycles. The number of esters is 1. The first-order valence-electron chi connectivity index (χ1n) is 10.8. The van der Waals surface area contributed by atoms with Crippen LogP contribution in [0.5, 0.6) is 0 Å². The number of rotatable bonds is 23. The van der Waals surface area contributed by atoms with Crippen LogP contribution in [-0.2, 0) is 47.5 Å². The van der Waals surface area contributed by atoms with Gasteiger partial charge in [0.15, 0.2) is 0 Å². The lowest BCUT2D eigenvalue weighted by atomic mass is 10.2. The molecular formula is C21H40O11. The van der Waals surface area contributed by atoms with Gasteiger partial charge in [-0.1, -0.05) is 0 Å². The highest BCUT2D eigenvalue weighted by molar-refractivity contribution is 5.71. The van der Waals surface area contributed by atoms with E-state index in [1.165, 1.54) is 0 Å². The molecule has 0 heterocycles. The summed E-state index contributed by atoms with van der Waals surface area (Å²) >= 11 is 0. The second kappa shape index (κ2) is 21.5. The molecule has 0 aromatic heterocycles. The molecule has 0 radical (unpaired) electrons. The minimum atomic E-state index is -0.877. The Morgan fingerprint density at radius 2 is 0.875 bits per heavy atom. The Balaban J connectivity index is 3.12. The summed E-state index contributed by atoms with van der Waals surface area (Å²) < 4.78 is 42.1. The Morgan fingerprint density at radius 1 is 0.562 bits per heavy atom. The molecule has 1 N–H and O–H groups in total. The van der Waals surface area contributed by atoms with Gasteiger partial charge in [0, 0.05) is 0 Å². The largest absolute Gasteiger partial charge is 0.481 e. The zero-order valence-corrected chi connectivity index (χ0v) is 19.6. The van der Waals surface area contributed by atoms with Crippen LogP contribution in [-0.4, -0.2) is 115 Å². The Hall–Kier alpha value is -1.34. The zero-order valence-electron chi connectivity index (χ0n) is 19.6. The molecule has 32 heavy (non-hydrogen) atoms. The topological polar surface area (TPSA) is 128 Å². The summed E-state index contributed by atoms with van der Waals surface area (Å²) in [5.74, 6) is -1.27. The monoisotopic (exact) mass is 468 g/mol. The first-order valence-corrected chi connectivity index (χ1v) is 10.8. The van der Waals surface area contributed by atoms with E-state index in [0.717, 1.165) is 0 Å². The third kappa shape index (κ3) is 26.7. The molecule has 0 unspecified atom stereocenters. The zero-order chi connectivity index (χ0) is 23.9. The molecule has 0 atom stereocenters. The lowest BCUT2D eigenvalue weighted by Gasteiger charge is -2.19. The molecule has 11 heteroatoms. The Morgan fingerprint density at radius 3 is 1.19 bits per heavy atom. The van der Waals surface area contributed by atoms with Crippen molar-refractivity contribution in [2.45, 2.75) is 32.8 Å². The lowest BCUT2D eigenvalue weighted by molar-refractivity contribution is -0.160. The quantitative estimate of drug-likeness (QED) is 0.170. The third-order valence-electron chi connectivity index (χ3n) is 3.33. The number of ether oxygens (including phenoxy) is 8. The normalized spacial score (nSPS) is 11.6. The molecule has 0 rings (SSSR count). The molecule has 0 fully saturated rings. The summed E-state index contributed by atoms with van der Waals surface area (Å²) in [6, 6.07) is 0. The van der Waals surface area contributed by atoms with Crippen LogP contribution in [0.3, 0.4) is 0 Å². The van der Waals surface area contributed by atoms with Crippen molar-refractivity contribution in [3.63, 3.8) is 0 Å². The van der Waals surface area contributed by atoms with Crippen LogP contribution >= 0.6 is 0 Å². The maximum absolute atomic E-state index is 11.4. The van der Waals surface area contributed by atoms with Crippen molar-refractivity contribution in [3.05, 3.63) is 0 Å². The molecule has 11 nitrogen and oxygen atoms in total. The smallest absolute Gasteiger partial charge is 0.332 e. The number of hydrogen-bond donors (Lipinski definition) is 1. The maximum atomic E-state index is 11.4. The number of aliphatic carboxylic acids is 1. The summed E-state index contributed by atoms with van der Waals surface area (Å²) in [6.07, 6.45) is -0.00389. The van der Waals surface area contributed by atoms with Crippen LogP contribution in [0.15, 0.2) is 0 Å². The van der Waals surface area contributed by atoms with Crippen molar-refractivity contribution in [2.24, 2.45) is 0 Å². The highest BCUT2D eigenvalue weighted by Crippen LogP contribution is 2.06. The fraction of sp³-hybridized carbons (Fsp3) is 0.905. The van der Waals surface area contributed by atoms with Crippen molar-refractivity contribution in [1.29, 1.82) is 0 Å². The van der Waals surface area contributed by atoms with Crippen LogP contribution in [0.4, 0.5) is 0 Å². The second-order valence-corrected chi connectivity index (χ2v) is 7.46. The summed E-state index contributed by atoms with van der Waals surface area (Å²) in [5.41, 5.74) is -0.511. The van der Waals surface area contributed by atoms with E-state index in [4.69, 9.17) is 43.0 Å².